The van der Waals surface area contributed by atoms with Crippen molar-refractivity contribution < 1.29 is 9.53 Å². The minimum atomic E-state index is -0.228. The quantitative estimate of drug-likeness (QED) is 0.738. The van der Waals surface area contributed by atoms with Crippen LogP contribution in [0.15, 0.2) is 18.2 Å². The molecular formula is C16H28Cl2N2O2. The standard InChI is InChI=1S/C16H26N2O2.2ClH/c1-12-8-7-9-13(2)15(12)16(19)20-14(10-17(3)4)11-18(5)6;;/h7-9,14H,10-11H2,1-6H3;2*1H. The fraction of sp³-hybridized carbons (Fsp3) is 0.562. The van der Waals surface area contributed by atoms with Crippen molar-refractivity contribution in [3.05, 3.63) is 34.9 Å². The zero-order valence-electron chi connectivity index (χ0n) is 14.3. The predicted molar refractivity (Wildman–Crippen MR) is 96.7 cm³/mol. The molecule has 0 radical (unpaired) electrons. The second-order valence-electron chi connectivity index (χ2n) is 5.82. The van der Waals surface area contributed by atoms with E-state index in [4.69, 9.17) is 4.74 Å². The molecule has 0 bridgehead atoms. The maximum Gasteiger partial charge on any atom is 0.339 e. The van der Waals surface area contributed by atoms with Crippen molar-refractivity contribution >= 4 is 30.8 Å². The van der Waals surface area contributed by atoms with E-state index < -0.39 is 0 Å². The molecule has 0 N–H and O–H groups in total. The van der Waals surface area contributed by atoms with Crippen molar-refractivity contribution in [3.63, 3.8) is 0 Å². The van der Waals surface area contributed by atoms with E-state index in [1.807, 2.05) is 70.0 Å². The zero-order chi connectivity index (χ0) is 15.3. The number of aryl methyl sites for hydroxylation is 2. The Morgan fingerprint density at radius 2 is 1.41 bits per heavy atom. The van der Waals surface area contributed by atoms with Gasteiger partial charge in [-0.15, -0.1) is 24.8 Å². The van der Waals surface area contributed by atoms with Crippen LogP contribution in [0.4, 0.5) is 0 Å². The average Bonchev–Trinajstić information content (AvgIpc) is 2.26. The van der Waals surface area contributed by atoms with Crippen LogP contribution >= 0.6 is 24.8 Å². The Morgan fingerprint density at radius 1 is 1.00 bits per heavy atom. The molecule has 1 aromatic rings. The summed E-state index contributed by atoms with van der Waals surface area (Å²) in [6.07, 6.45) is -0.133. The van der Waals surface area contributed by atoms with E-state index in [1.54, 1.807) is 0 Å². The van der Waals surface area contributed by atoms with Gasteiger partial charge in [-0.3, -0.25) is 0 Å². The van der Waals surface area contributed by atoms with Gasteiger partial charge in [0.2, 0.25) is 0 Å². The van der Waals surface area contributed by atoms with Crippen molar-refractivity contribution in [2.75, 3.05) is 41.3 Å². The number of nitrogens with zero attached hydrogens (tertiary/aromatic N) is 2. The molecule has 4 nitrogen and oxygen atoms in total. The Morgan fingerprint density at radius 3 is 1.77 bits per heavy atom. The Bertz CT molecular complexity index is 435. The molecule has 6 heteroatoms. The van der Waals surface area contributed by atoms with Crippen LogP contribution in [-0.4, -0.2) is 63.2 Å². The smallest absolute Gasteiger partial charge is 0.339 e. The molecule has 0 aliphatic heterocycles. The molecule has 22 heavy (non-hydrogen) atoms. The van der Waals surface area contributed by atoms with E-state index in [9.17, 15) is 4.79 Å². The highest BCUT2D eigenvalue weighted by Gasteiger charge is 2.20. The normalized spacial score (nSPS) is 10.4. The molecular weight excluding hydrogens is 323 g/mol. The number of hydrogen-bond acceptors (Lipinski definition) is 4. The van der Waals surface area contributed by atoms with E-state index >= 15 is 0 Å². The van der Waals surface area contributed by atoms with Gasteiger partial charge < -0.3 is 14.5 Å². The molecule has 0 spiro atoms. The summed E-state index contributed by atoms with van der Waals surface area (Å²) in [5.74, 6) is -0.228. The first-order chi connectivity index (χ1) is 9.31. The van der Waals surface area contributed by atoms with Gasteiger partial charge >= 0.3 is 5.97 Å². The van der Waals surface area contributed by atoms with E-state index in [0.29, 0.717) is 5.56 Å². The second-order valence-corrected chi connectivity index (χ2v) is 5.82. The van der Waals surface area contributed by atoms with Gasteiger partial charge in [-0.1, -0.05) is 18.2 Å². The van der Waals surface area contributed by atoms with E-state index in [2.05, 4.69) is 0 Å². The molecule has 0 aromatic heterocycles. The first kappa shape index (κ1) is 23.5. The van der Waals surface area contributed by atoms with Crippen molar-refractivity contribution in [1.82, 2.24) is 9.80 Å². The lowest BCUT2D eigenvalue weighted by Gasteiger charge is -2.25. The second kappa shape index (κ2) is 10.8. The van der Waals surface area contributed by atoms with Crippen molar-refractivity contribution in [3.8, 4) is 0 Å². The molecule has 0 amide bonds. The molecule has 0 heterocycles. The van der Waals surface area contributed by atoms with Crippen LogP contribution in [-0.2, 0) is 4.74 Å². The van der Waals surface area contributed by atoms with Gasteiger partial charge in [0.15, 0.2) is 0 Å². The SMILES string of the molecule is Cc1cccc(C)c1C(=O)OC(CN(C)C)CN(C)C.Cl.Cl. The third-order valence-corrected chi connectivity index (χ3v) is 3.10. The van der Waals surface area contributed by atoms with Crippen molar-refractivity contribution in [1.29, 1.82) is 0 Å². The van der Waals surface area contributed by atoms with Crippen LogP contribution < -0.4 is 0 Å². The number of carbonyl (C=O) groups excluding carboxylic acids is 1. The molecule has 128 valence electrons. The lowest BCUT2D eigenvalue weighted by atomic mass is 10.0. The number of carbonyl (C=O) groups is 1. The summed E-state index contributed by atoms with van der Waals surface area (Å²) in [5.41, 5.74) is 2.61. The van der Waals surface area contributed by atoms with Crippen LogP contribution in [0.5, 0.6) is 0 Å². The number of hydrogen-bond donors (Lipinski definition) is 0. The molecule has 1 rings (SSSR count). The molecule has 0 aliphatic carbocycles. The number of likely N-dealkylation sites (N-methyl/N-ethyl adjacent to an activating group) is 2. The van der Waals surface area contributed by atoms with Gasteiger partial charge in [0, 0.05) is 13.1 Å². The molecule has 1 aromatic carbocycles. The van der Waals surface area contributed by atoms with Crippen LogP contribution in [0.25, 0.3) is 0 Å². The highest BCUT2D eigenvalue weighted by Crippen LogP contribution is 2.15. The number of benzene rings is 1. The molecule has 0 unspecified atom stereocenters. The Labute approximate surface area is 146 Å². The third kappa shape index (κ3) is 7.45. The average molecular weight is 351 g/mol. The van der Waals surface area contributed by atoms with E-state index in [0.717, 1.165) is 24.2 Å². The Kier molecular flexibility index (Phi) is 11.6. The van der Waals surface area contributed by atoms with Gasteiger partial charge in [-0.2, -0.15) is 0 Å². The van der Waals surface area contributed by atoms with Gasteiger partial charge in [0.1, 0.15) is 6.10 Å². The summed E-state index contributed by atoms with van der Waals surface area (Å²) in [4.78, 5) is 16.5. The summed E-state index contributed by atoms with van der Waals surface area (Å²) >= 11 is 0. The number of halogens is 2. The van der Waals surface area contributed by atoms with Crippen LogP contribution in [0.2, 0.25) is 0 Å². The molecule has 0 fully saturated rings. The Balaban J connectivity index is 0. The number of ether oxygens (including phenoxy) is 1. The van der Waals surface area contributed by atoms with Crippen LogP contribution in [0.1, 0.15) is 21.5 Å². The van der Waals surface area contributed by atoms with Crippen molar-refractivity contribution in [2.45, 2.75) is 20.0 Å². The van der Waals surface area contributed by atoms with Gasteiger partial charge in [-0.25, -0.2) is 4.79 Å². The van der Waals surface area contributed by atoms with E-state index in [1.165, 1.54) is 0 Å². The molecule has 0 saturated carbocycles. The van der Waals surface area contributed by atoms with Gasteiger partial charge in [0.25, 0.3) is 0 Å². The Hall–Kier alpha value is -0.810. The highest BCUT2D eigenvalue weighted by atomic mass is 35.5. The van der Waals surface area contributed by atoms with Gasteiger partial charge in [0.05, 0.1) is 5.56 Å². The lowest BCUT2D eigenvalue weighted by Crippen LogP contribution is -2.38. The summed E-state index contributed by atoms with van der Waals surface area (Å²) in [7, 11) is 7.93. The van der Waals surface area contributed by atoms with E-state index in [-0.39, 0.29) is 36.9 Å². The largest absolute Gasteiger partial charge is 0.456 e. The van der Waals surface area contributed by atoms with Crippen LogP contribution in [0, 0.1) is 13.8 Å². The maximum atomic E-state index is 12.4. The first-order valence-electron chi connectivity index (χ1n) is 6.88. The zero-order valence-corrected chi connectivity index (χ0v) is 15.9. The predicted octanol–water partition coefficient (Wildman–Crippen LogP) is 2.80. The molecule has 0 aliphatic rings. The summed E-state index contributed by atoms with van der Waals surface area (Å²) in [6, 6.07) is 5.84. The monoisotopic (exact) mass is 350 g/mol. The molecule has 0 atom stereocenters. The topological polar surface area (TPSA) is 32.8 Å². The fourth-order valence-corrected chi connectivity index (χ4v) is 2.29. The maximum absolute atomic E-state index is 12.4. The summed E-state index contributed by atoms with van der Waals surface area (Å²) in [5, 5.41) is 0. The minimum Gasteiger partial charge on any atom is -0.456 e. The highest BCUT2D eigenvalue weighted by molar-refractivity contribution is 5.92. The fourth-order valence-electron chi connectivity index (χ4n) is 2.29. The first-order valence-corrected chi connectivity index (χ1v) is 6.88. The lowest BCUT2D eigenvalue weighted by molar-refractivity contribution is 0.0175. The number of esters is 1. The summed E-state index contributed by atoms with van der Waals surface area (Å²) in [6.45, 7) is 5.32. The van der Waals surface area contributed by atoms with Crippen LogP contribution in [0.3, 0.4) is 0 Å². The van der Waals surface area contributed by atoms with Crippen molar-refractivity contribution in [2.24, 2.45) is 0 Å². The molecule has 0 saturated heterocycles. The third-order valence-electron chi connectivity index (χ3n) is 3.10. The summed E-state index contributed by atoms with van der Waals surface area (Å²) < 4.78 is 5.70. The van der Waals surface area contributed by atoms with Gasteiger partial charge in [-0.05, 0) is 53.2 Å². The number of rotatable bonds is 6. The minimum absolute atomic E-state index is 0.